The van der Waals surface area contributed by atoms with Gasteiger partial charge >= 0.3 is 0 Å². The van der Waals surface area contributed by atoms with Crippen LogP contribution in [0.2, 0.25) is 0 Å². The van der Waals surface area contributed by atoms with Gasteiger partial charge in [0.15, 0.2) is 0 Å². The third kappa shape index (κ3) is 3.21. The van der Waals surface area contributed by atoms with E-state index in [1.165, 1.54) is 0 Å². The lowest BCUT2D eigenvalue weighted by Gasteiger charge is -2.31. The van der Waals surface area contributed by atoms with E-state index in [-0.39, 0.29) is 11.9 Å². The van der Waals surface area contributed by atoms with E-state index in [9.17, 15) is 4.79 Å². The number of benzene rings is 1. The molecule has 1 aromatic rings. The molecule has 0 bridgehead atoms. The van der Waals surface area contributed by atoms with Crippen molar-refractivity contribution >= 4 is 17.3 Å². The molecule has 1 unspecified atom stereocenters. The van der Waals surface area contributed by atoms with Gasteiger partial charge in [-0.1, -0.05) is 6.07 Å². The summed E-state index contributed by atoms with van der Waals surface area (Å²) >= 11 is 0. The summed E-state index contributed by atoms with van der Waals surface area (Å²) in [7, 11) is 0. The number of rotatable bonds is 3. The summed E-state index contributed by atoms with van der Waals surface area (Å²) < 4.78 is 5.27. The maximum atomic E-state index is 12.1. The number of carbonyl (C=O) groups excluding carboxylic acids is 1. The molecule has 18 heavy (non-hydrogen) atoms. The first kappa shape index (κ1) is 12.9. The van der Waals surface area contributed by atoms with Gasteiger partial charge in [0.25, 0.3) is 0 Å². The zero-order valence-electron chi connectivity index (χ0n) is 10.6. The highest BCUT2D eigenvalue weighted by atomic mass is 16.5. The van der Waals surface area contributed by atoms with Crippen LogP contribution in [0.4, 0.5) is 11.4 Å². The van der Waals surface area contributed by atoms with Gasteiger partial charge in [-0.05, 0) is 25.1 Å². The van der Waals surface area contributed by atoms with Crippen LogP contribution >= 0.6 is 0 Å². The van der Waals surface area contributed by atoms with E-state index < -0.39 is 0 Å². The van der Waals surface area contributed by atoms with Gasteiger partial charge in [-0.15, -0.1) is 0 Å². The van der Waals surface area contributed by atoms with Gasteiger partial charge in [0.05, 0.1) is 19.3 Å². The first-order valence-corrected chi connectivity index (χ1v) is 6.15. The summed E-state index contributed by atoms with van der Waals surface area (Å²) in [6, 6.07) is 7.05. The predicted octanol–water partition coefficient (Wildman–Crippen LogP) is 0.928. The monoisotopic (exact) mass is 249 g/mol. The number of nitrogens with zero attached hydrogens (tertiary/aromatic N) is 1. The molecule has 0 radical (unpaired) electrons. The van der Waals surface area contributed by atoms with Gasteiger partial charge in [-0.3, -0.25) is 9.69 Å². The first-order chi connectivity index (χ1) is 8.66. The minimum absolute atomic E-state index is 0.0116. The minimum atomic E-state index is -0.157. The van der Waals surface area contributed by atoms with Crippen LogP contribution in [-0.4, -0.2) is 43.2 Å². The van der Waals surface area contributed by atoms with Crippen molar-refractivity contribution < 1.29 is 9.53 Å². The molecule has 3 N–H and O–H groups in total. The smallest absolute Gasteiger partial charge is 0.241 e. The molecular weight excluding hydrogens is 230 g/mol. The maximum absolute atomic E-state index is 12.1. The highest BCUT2D eigenvalue weighted by molar-refractivity contribution is 5.94. The Morgan fingerprint density at radius 3 is 2.83 bits per heavy atom. The van der Waals surface area contributed by atoms with Crippen LogP contribution in [0.5, 0.6) is 0 Å². The topological polar surface area (TPSA) is 67.6 Å². The molecule has 1 aliphatic rings. The lowest BCUT2D eigenvalue weighted by Crippen LogP contribution is -2.47. The Labute approximate surface area is 107 Å². The summed E-state index contributed by atoms with van der Waals surface area (Å²) in [5.41, 5.74) is 7.06. The van der Waals surface area contributed by atoms with Crippen molar-refractivity contribution in [1.29, 1.82) is 0 Å². The van der Waals surface area contributed by atoms with Crippen LogP contribution < -0.4 is 11.1 Å². The van der Waals surface area contributed by atoms with E-state index in [2.05, 4.69) is 10.2 Å². The molecule has 5 heteroatoms. The normalized spacial score (nSPS) is 18.3. The quantitative estimate of drug-likeness (QED) is 0.782. The van der Waals surface area contributed by atoms with Gasteiger partial charge in [-0.25, -0.2) is 0 Å². The molecule has 0 saturated carbocycles. The molecule has 1 aromatic carbocycles. The van der Waals surface area contributed by atoms with Crippen molar-refractivity contribution in [2.75, 3.05) is 37.4 Å². The van der Waals surface area contributed by atoms with Crippen LogP contribution in [0.1, 0.15) is 6.92 Å². The zero-order chi connectivity index (χ0) is 13.0. The second kappa shape index (κ2) is 5.84. The number of hydrogen-bond acceptors (Lipinski definition) is 4. The van der Waals surface area contributed by atoms with Crippen molar-refractivity contribution in [3.8, 4) is 0 Å². The standard InChI is InChI=1S/C13H19N3O2/c1-10(16-5-7-18-8-6-16)13(17)15-12-4-2-3-11(14)9-12/h2-4,9-10H,5-8,14H2,1H3,(H,15,17). The highest BCUT2D eigenvalue weighted by Crippen LogP contribution is 2.13. The van der Waals surface area contributed by atoms with Gasteiger partial charge < -0.3 is 15.8 Å². The molecule has 0 aliphatic carbocycles. The molecule has 1 aliphatic heterocycles. The van der Waals surface area contributed by atoms with E-state index in [1.807, 2.05) is 19.1 Å². The lowest BCUT2D eigenvalue weighted by molar-refractivity contribution is -0.122. The van der Waals surface area contributed by atoms with E-state index in [1.54, 1.807) is 12.1 Å². The number of anilines is 2. The fourth-order valence-electron chi connectivity index (χ4n) is 1.99. The zero-order valence-corrected chi connectivity index (χ0v) is 10.6. The van der Waals surface area contributed by atoms with Crippen molar-refractivity contribution in [3.05, 3.63) is 24.3 Å². The van der Waals surface area contributed by atoms with Crippen LogP contribution in [0, 0.1) is 0 Å². The van der Waals surface area contributed by atoms with Crippen molar-refractivity contribution in [1.82, 2.24) is 4.90 Å². The number of nitrogens with two attached hydrogens (primary N) is 1. The Balaban J connectivity index is 1.94. The third-order valence-corrected chi connectivity index (χ3v) is 3.13. The molecule has 2 rings (SSSR count). The average molecular weight is 249 g/mol. The molecule has 0 aromatic heterocycles. The van der Waals surface area contributed by atoms with Gasteiger partial charge in [-0.2, -0.15) is 0 Å². The number of carbonyl (C=O) groups is 1. The predicted molar refractivity (Wildman–Crippen MR) is 71.3 cm³/mol. The maximum Gasteiger partial charge on any atom is 0.241 e. The first-order valence-electron chi connectivity index (χ1n) is 6.15. The molecule has 0 spiro atoms. The number of hydrogen-bond donors (Lipinski definition) is 2. The summed E-state index contributed by atoms with van der Waals surface area (Å²) in [5.74, 6) is -0.0116. The summed E-state index contributed by atoms with van der Waals surface area (Å²) in [4.78, 5) is 14.2. The number of ether oxygens (including phenoxy) is 1. The SMILES string of the molecule is CC(C(=O)Nc1cccc(N)c1)N1CCOCC1. The Bertz CT molecular complexity index is 416. The molecule has 1 fully saturated rings. The van der Waals surface area contributed by atoms with Crippen molar-refractivity contribution in [3.63, 3.8) is 0 Å². The van der Waals surface area contributed by atoms with Crippen molar-refractivity contribution in [2.45, 2.75) is 13.0 Å². The highest BCUT2D eigenvalue weighted by Gasteiger charge is 2.22. The van der Waals surface area contributed by atoms with Crippen molar-refractivity contribution in [2.24, 2.45) is 0 Å². The van der Waals surface area contributed by atoms with E-state index in [4.69, 9.17) is 10.5 Å². The van der Waals surface area contributed by atoms with Crippen LogP contribution in [-0.2, 0) is 9.53 Å². The van der Waals surface area contributed by atoms with Gasteiger partial charge in [0.2, 0.25) is 5.91 Å². The van der Waals surface area contributed by atoms with Crippen LogP contribution in [0.3, 0.4) is 0 Å². The number of nitrogens with one attached hydrogen (secondary N) is 1. The minimum Gasteiger partial charge on any atom is -0.399 e. The number of morpholine rings is 1. The Hall–Kier alpha value is -1.59. The molecule has 98 valence electrons. The second-order valence-corrected chi connectivity index (χ2v) is 4.44. The molecule has 1 saturated heterocycles. The van der Waals surface area contributed by atoms with E-state index in [0.29, 0.717) is 18.9 Å². The number of nitrogen functional groups attached to an aromatic ring is 1. The summed E-state index contributed by atoms with van der Waals surface area (Å²) in [6.45, 7) is 4.88. The second-order valence-electron chi connectivity index (χ2n) is 4.44. The average Bonchev–Trinajstić information content (AvgIpc) is 2.39. The van der Waals surface area contributed by atoms with Crippen LogP contribution in [0.15, 0.2) is 24.3 Å². The fourth-order valence-corrected chi connectivity index (χ4v) is 1.99. The molecule has 1 atom stereocenters. The Morgan fingerprint density at radius 2 is 2.17 bits per heavy atom. The molecule has 1 amide bonds. The molecule has 5 nitrogen and oxygen atoms in total. The van der Waals surface area contributed by atoms with E-state index in [0.717, 1.165) is 18.8 Å². The van der Waals surface area contributed by atoms with Gasteiger partial charge in [0.1, 0.15) is 0 Å². The fraction of sp³-hybridized carbons (Fsp3) is 0.462. The van der Waals surface area contributed by atoms with Gasteiger partial charge in [0, 0.05) is 24.5 Å². The van der Waals surface area contributed by atoms with Crippen LogP contribution in [0.25, 0.3) is 0 Å². The summed E-state index contributed by atoms with van der Waals surface area (Å²) in [6.07, 6.45) is 0. The number of amides is 1. The summed E-state index contributed by atoms with van der Waals surface area (Å²) in [5, 5.41) is 2.88. The Morgan fingerprint density at radius 1 is 1.44 bits per heavy atom. The lowest BCUT2D eigenvalue weighted by atomic mass is 10.2. The molecular formula is C13H19N3O2. The Kier molecular flexibility index (Phi) is 4.17. The third-order valence-electron chi connectivity index (χ3n) is 3.13. The van der Waals surface area contributed by atoms with E-state index >= 15 is 0 Å². The molecule has 1 heterocycles. The largest absolute Gasteiger partial charge is 0.399 e.